The van der Waals surface area contributed by atoms with E-state index < -0.39 is 12.0 Å². The van der Waals surface area contributed by atoms with Gasteiger partial charge in [0, 0.05) is 31.5 Å². The predicted octanol–water partition coefficient (Wildman–Crippen LogP) is 0.975. The van der Waals surface area contributed by atoms with Crippen LogP contribution in [0.15, 0.2) is 17.1 Å². The lowest BCUT2D eigenvalue weighted by Gasteiger charge is -2.13. The number of rotatable bonds is 11. The number of hydrogen-bond acceptors (Lipinski definition) is 5. The Labute approximate surface area is 128 Å². The molecule has 2 amide bonds. The maximum atomic E-state index is 11.9. The van der Waals surface area contributed by atoms with E-state index in [1.165, 1.54) is 17.1 Å². The summed E-state index contributed by atoms with van der Waals surface area (Å²) in [5.74, 6) is -1.68. The molecule has 7 nitrogen and oxygen atoms in total. The van der Waals surface area contributed by atoms with Gasteiger partial charge < -0.3 is 5.11 Å². The SMILES string of the molecule is C=NC(CCC(=O)O)C(=O)CCCCCN1C(=O)C=CC1=O. The number of carbonyl (C=O) groups is 4. The number of nitrogens with zero attached hydrogens (tertiary/aromatic N) is 2. The zero-order valence-electron chi connectivity index (χ0n) is 12.4. The molecule has 0 fully saturated rings. The molecule has 1 atom stereocenters. The van der Waals surface area contributed by atoms with Crippen LogP contribution in [0.3, 0.4) is 0 Å². The number of amides is 2. The van der Waals surface area contributed by atoms with Crippen molar-refractivity contribution in [3.8, 4) is 0 Å². The van der Waals surface area contributed by atoms with E-state index in [9.17, 15) is 19.2 Å². The minimum atomic E-state index is -0.963. The zero-order valence-corrected chi connectivity index (χ0v) is 12.4. The molecule has 120 valence electrons. The van der Waals surface area contributed by atoms with Crippen LogP contribution in [0.25, 0.3) is 0 Å². The predicted molar refractivity (Wildman–Crippen MR) is 79.5 cm³/mol. The summed E-state index contributed by atoms with van der Waals surface area (Å²) in [6, 6.07) is -0.665. The molecule has 1 rings (SSSR count). The summed E-state index contributed by atoms with van der Waals surface area (Å²) >= 11 is 0. The lowest BCUT2D eigenvalue weighted by atomic mass is 10.0. The first-order valence-corrected chi connectivity index (χ1v) is 7.19. The fourth-order valence-electron chi connectivity index (χ4n) is 2.18. The van der Waals surface area contributed by atoms with E-state index in [0.717, 1.165) is 0 Å². The summed E-state index contributed by atoms with van der Waals surface area (Å²) in [5.41, 5.74) is 0. The van der Waals surface area contributed by atoms with Crippen molar-refractivity contribution in [2.45, 2.75) is 44.6 Å². The van der Waals surface area contributed by atoms with Gasteiger partial charge in [0.15, 0.2) is 5.78 Å². The van der Waals surface area contributed by atoms with Crippen molar-refractivity contribution in [3.05, 3.63) is 12.2 Å². The third-order valence-corrected chi connectivity index (χ3v) is 3.43. The van der Waals surface area contributed by atoms with Crippen molar-refractivity contribution in [2.24, 2.45) is 4.99 Å². The van der Waals surface area contributed by atoms with Gasteiger partial charge in [0.05, 0.1) is 0 Å². The van der Waals surface area contributed by atoms with Gasteiger partial charge >= 0.3 is 5.97 Å². The number of unbranched alkanes of at least 4 members (excludes halogenated alkanes) is 2. The van der Waals surface area contributed by atoms with E-state index in [4.69, 9.17) is 5.11 Å². The minimum Gasteiger partial charge on any atom is -0.481 e. The standard InChI is InChI=1S/C15H20N2O5/c1-16-11(6-9-15(21)22)12(18)5-3-2-4-10-17-13(19)7-8-14(17)20/h7-8,11H,1-6,9-10H2,(H,21,22). The highest BCUT2D eigenvalue weighted by molar-refractivity contribution is 6.12. The van der Waals surface area contributed by atoms with Crippen LogP contribution >= 0.6 is 0 Å². The summed E-state index contributed by atoms with van der Waals surface area (Å²) in [6.45, 7) is 3.67. The average molecular weight is 308 g/mol. The van der Waals surface area contributed by atoms with Gasteiger partial charge in [-0.25, -0.2) is 0 Å². The molecule has 1 N–H and O–H groups in total. The summed E-state index contributed by atoms with van der Waals surface area (Å²) in [6.07, 6.45) is 4.79. The quantitative estimate of drug-likeness (QED) is 0.348. The molecule has 1 unspecified atom stereocenters. The highest BCUT2D eigenvalue weighted by Crippen LogP contribution is 2.11. The van der Waals surface area contributed by atoms with Gasteiger partial charge in [-0.2, -0.15) is 0 Å². The molecule has 22 heavy (non-hydrogen) atoms. The smallest absolute Gasteiger partial charge is 0.303 e. The average Bonchev–Trinajstić information content (AvgIpc) is 2.78. The molecule has 1 heterocycles. The fourth-order valence-corrected chi connectivity index (χ4v) is 2.18. The van der Waals surface area contributed by atoms with Crippen molar-refractivity contribution in [2.75, 3.05) is 6.54 Å². The Morgan fingerprint density at radius 3 is 2.32 bits per heavy atom. The molecule has 0 radical (unpaired) electrons. The first-order valence-electron chi connectivity index (χ1n) is 7.19. The Balaban J connectivity index is 2.19. The summed E-state index contributed by atoms with van der Waals surface area (Å²) in [7, 11) is 0. The summed E-state index contributed by atoms with van der Waals surface area (Å²) in [4.78, 5) is 49.8. The molecule has 0 aliphatic carbocycles. The topological polar surface area (TPSA) is 104 Å². The monoisotopic (exact) mass is 308 g/mol. The van der Waals surface area contributed by atoms with Gasteiger partial charge in [0.25, 0.3) is 11.8 Å². The van der Waals surface area contributed by atoms with E-state index in [-0.39, 0.29) is 30.4 Å². The third kappa shape index (κ3) is 5.59. The van der Waals surface area contributed by atoms with Crippen LogP contribution in [0.1, 0.15) is 38.5 Å². The fraction of sp³-hybridized carbons (Fsp3) is 0.533. The van der Waals surface area contributed by atoms with E-state index in [1.807, 2.05) is 0 Å². The second-order valence-electron chi connectivity index (χ2n) is 5.07. The molecule has 7 heteroatoms. The Morgan fingerprint density at radius 2 is 1.77 bits per heavy atom. The van der Waals surface area contributed by atoms with Crippen molar-refractivity contribution in [3.63, 3.8) is 0 Å². The van der Waals surface area contributed by atoms with E-state index in [2.05, 4.69) is 11.7 Å². The van der Waals surface area contributed by atoms with Crippen LogP contribution in [0.5, 0.6) is 0 Å². The Morgan fingerprint density at radius 1 is 1.14 bits per heavy atom. The maximum absolute atomic E-state index is 11.9. The Bertz CT molecular complexity index is 480. The lowest BCUT2D eigenvalue weighted by Crippen LogP contribution is -2.30. The van der Waals surface area contributed by atoms with E-state index in [1.54, 1.807) is 0 Å². The zero-order chi connectivity index (χ0) is 16.5. The van der Waals surface area contributed by atoms with Crippen LogP contribution in [0.4, 0.5) is 0 Å². The van der Waals surface area contributed by atoms with Gasteiger partial charge in [0.2, 0.25) is 0 Å². The van der Waals surface area contributed by atoms with E-state index >= 15 is 0 Å². The normalized spacial score (nSPS) is 15.2. The van der Waals surface area contributed by atoms with Crippen LogP contribution < -0.4 is 0 Å². The number of Topliss-reactive ketones (excluding diaryl/α,β-unsaturated/α-hetero) is 1. The molecular weight excluding hydrogens is 288 g/mol. The first-order chi connectivity index (χ1) is 10.5. The largest absolute Gasteiger partial charge is 0.481 e. The van der Waals surface area contributed by atoms with Crippen molar-refractivity contribution in [1.29, 1.82) is 0 Å². The molecule has 0 aromatic carbocycles. The van der Waals surface area contributed by atoms with Crippen LogP contribution in [-0.2, 0) is 19.2 Å². The van der Waals surface area contributed by atoms with Gasteiger partial charge in [-0.3, -0.25) is 29.1 Å². The van der Waals surface area contributed by atoms with Gasteiger partial charge in [0.1, 0.15) is 6.04 Å². The van der Waals surface area contributed by atoms with Crippen molar-refractivity contribution in [1.82, 2.24) is 4.90 Å². The highest BCUT2D eigenvalue weighted by atomic mass is 16.4. The van der Waals surface area contributed by atoms with Crippen molar-refractivity contribution >= 4 is 30.3 Å². The van der Waals surface area contributed by atoms with Gasteiger partial charge in [-0.1, -0.05) is 6.42 Å². The van der Waals surface area contributed by atoms with Crippen LogP contribution in [0, 0.1) is 0 Å². The molecule has 1 aliphatic heterocycles. The lowest BCUT2D eigenvalue weighted by molar-refractivity contribution is -0.138. The molecule has 0 bridgehead atoms. The number of carboxylic acid groups (broad SMARTS) is 1. The number of aliphatic carboxylic acids is 1. The van der Waals surface area contributed by atoms with Crippen LogP contribution in [0.2, 0.25) is 0 Å². The molecule has 0 spiro atoms. The van der Waals surface area contributed by atoms with E-state index in [0.29, 0.717) is 32.2 Å². The molecular formula is C15H20N2O5. The number of ketones is 1. The molecule has 1 aliphatic rings. The number of hydrogen-bond donors (Lipinski definition) is 1. The molecule has 0 saturated heterocycles. The molecule has 0 aromatic heterocycles. The third-order valence-electron chi connectivity index (χ3n) is 3.43. The minimum absolute atomic E-state index is 0.110. The number of carbonyl (C=O) groups excluding carboxylic acids is 3. The summed E-state index contributed by atoms with van der Waals surface area (Å²) < 4.78 is 0. The maximum Gasteiger partial charge on any atom is 0.303 e. The van der Waals surface area contributed by atoms with Gasteiger partial charge in [-0.15, -0.1) is 0 Å². The second kappa shape index (κ2) is 8.86. The molecule has 0 saturated carbocycles. The number of aliphatic imine (C=N–C) groups is 1. The Hall–Kier alpha value is -2.31. The molecule has 0 aromatic rings. The van der Waals surface area contributed by atoms with Gasteiger partial charge in [-0.05, 0) is 26.0 Å². The van der Waals surface area contributed by atoms with Crippen LogP contribution in [-0.4, -0.2) is 52.9 Å². The van der Waals surface area contributed by atoms with Crippen molar-refractivity contribution < 1.29 is 24.3 Å². The second-order valence-corrected chi connectivity index (χ2v) is 5.07. The number of imide groups is 1. The summed E-state index contributed by atoms with van der Waals surface area (Å²) in [5, 5.41) is 8.59. The Kier molecular flexibility index (Phi) is 7.15. The number of carboxylic acids is 1. The first kappa shape index (κ1) is 17.7. The highest BCUT2D eigenvalue weighted by Gasteiger charge is 2.22.